The molecule has 0 radical (unpaired) electrons. The van der Waals surface area contributed by atoms with Gasteiger partial charge < -0.3 is 24.8 Å². The van der Waals surface area contributed by atoms with Crippen LogP contribution in [0.3, 0.4) is 0 Å². The number of fused-ring (bicyclic) bond motifs is 1. The molecule has 0 fully saturated rings. The molecular weight excluding hydrogens is 466 g/mol. The second-order valence-electron chi connectivity index (χ2n) is 9.89. The number of hydrogen-bond donors (Lipinski definition) is 3. The summed E-state index contributed by atoms with van der Waals surface area (Å²) >= 11 is 1.68. The van der Waals surface area contributed by atoms with Crippen LogP contribution in [0.15, 0.2) is 22.0 Å². The Morgan fingerprint density at radius 3 is 2.91 bits per heavy atom. The second-order valence-corrected chi connectivity index (χ2v) is 10.8. The molecule has 1 amide bonds. The maximum Gasteiger partial charge on any atom is 0.268 e. The number of carbonyl (C=O) groups excluding carboxylic acids is 1. The van der Waals surface area contributed by atoms with Crippen LogP contribution in [0, 0.1) is 12.3 Å². The molecule has 0 saturated carbocycles. The van der Waals surface area contributed by atoms with Crippen LogP contribution >= 0.6 is 11.3 Å². The Kier molecular flexibility index (Phi) is 7.59. The number of rotatable bonds is 9. The minimum atomic E-state index is -0.892. The van der Waals surface area contributed by atoms with E-state index in [2.05, 4.69) is 29.7 Å². The van der Waals surface area contributed by atoms with Crippen LogP contribution in [0.4, 0.5) is 0 Å². The monoisotopic (exact) mass is 499 g/mol. The van der Waals surface area contributed by atoms with E-state index in [1.54, 1.807) is 11.3 Å². The number of nitrogens with one attached hydrogen (secondary N) is 1. The molecule has 3 N–H and O–H groups in total. The molecule has 0 bridgehead atoms. The average Bonchev–Trinajstić information content (AvgIpc) is 3.47. The van der Waals surface area contributed by atoms with Gasteiger partial charge in [-0.25, -0.2) is 0 Å². The van der Waals surface area contributed by atoms with E-state index in [0.717, 1.165) is 47.3 Å². The molecule has 1 aliphatic carbocycles. The molecule has 1 atom stereocenters. The summed E-state index contributed by atoms with van der Waals surface area (Å²) in [5.41, 5.74) is 5.77. The number of carbonyl (C=O) groups is 1. The van der Waals surface area contributed by atoms with E-state index >= 15 is 0 Å². The molecule has 0 spiro atoms. The first-order valence-corrected chi connectivity index (χ1v) is 12.8. The first-order valence-electron chi connectivity index (χ1n) is 12.0. The van der Waals surface area contributed by atoms with Gasteiger partial charge in [0.05, 0.1) is 4.88 Å². The van der Waals surface area contributed by atoms with Crippen molar-refractivity contribution in [1.29, 1.82) is 0 Å². The van der Waals surface area contributed by atoms with Crippen molar-refractivity contribution in [2.45, 2.75) is 59.5 Å². The molecule has 1 aromatic carbocycles. The van der Waals surface area contributed by atoms with Crippen molar-refractivity contribution < 1.29 is 24.3 Å². The summed E-state index contributed by atoms with van der Waals surface area (Å²) in [7, 11) is 0. The summed E-state index contributed by atoms with van der Waals surface area (Å²) in [6.45, 7) is 8.02. The Morgan fingerprint density at radius 1 is 1.37 bits per heavy atom. The van der Waals surface area contributed by atoms with Gasteiger partial charge in [-0.1, -0.05) is 25.9 Å². The lowest BCUT2D eigenvalue weighted by Gasteiger charge is -2.29. The summed E-state index contributed by atoms with van der Waals surface area (Å²) < 4.78 is 11.6. The summed E-state index contributed by atoms with van der Waals surface area (Å²) in [5.74, 6) is 1.26. The lowest BCUT2D eigenvalue weighted by atomic mass is 9.75. The van der Waals surface area contributed by atoms with Gasteiger partial charge in [0, 0.05) is 12.1 Å². The molecule has 9 heteroatoms. The maximum atomic E-state index is 11.2. The van der Waals surface area contributed by atoms with E-state index in [1.165, 1.54) is 11.1 Å². The predicted octanol–water partition coefficient (Wildman–Crippen LogP) is 3.70. The third-order valence-electron chi connectivity index (χ3n) is 6.41. The molecule has 0 aliphatic heterocycles. The van der Waals surface area contributed by atoms with E-state index in [-0.39, 0.29) is 13.2 Å². The Labute approximate surface area is 209 Å². The van der Waals surface area contributed by atoms with Gasteiger partial charge in [0.15, 0.2) is 0 Å². The number of aryl methyl sites for hydroxylation is 2. The summed E-state index contributed by atoms with van der Waals surface area (Å²) in [4.78, 5) is 17.0. The molecule has 35 heavy (non-hydrogen) atoms. The highest BCUT2D eigenvalue weighted by molar-refractivity contribution is 7.13. The highest BCUT2D eigenvalue weighted by atomic mass is 32.1. The number of hydrogen-bond acceptors (Lipinski definition) is 8. The number of aromatic nitrogens is 2. The van der Waals surface area contributed by atoms with Crippen LogP contribution in [0.1, 0.15) is 49.4 Å². The van der Waals surface area contributed by atoms with Gasteiger partial charge in [-0.2, -0.15) is 4.98 Å². The van der Waals surface area contributed by atoms with Gasteiger partial charge in [-0.3, -0.25) is 4.79 Å². The smallest absolute Gasteiger partial charge is 0.268 e. The van der Waals surface area contributed by atoms with E-state index < -0.39 is 18.6 Å². The minimum absolute atomic E-state index is 0.00748. The largest absolute Gasteiger partial charge is 0.490 e. The fourth-order valence-electron chi connectivity index (χ4n) is 4.49. The number of aliphatic hydroxyl groups is 2. The Bertz CT molecular complexity index is 1200. The zero-order valence-electron chi connectivity index (χ0n) is 20.7. The highest BCUT2D eigenvalue weighted by Crippen LogP contribution is 2.42. The van der Waals surface area contributed by atoms with Gasteiger partial charge >= 0.3 is 0 Å². The molecule has 1 unspecified atom stereocenters. The number of aliphatic hydroxyl groups excluding tert-OH is 2. The highest BCUT2D eigenvalue weighted by Gasteiger charge is 2.29. The van der Waals surface area contributed by atoms with Crippen molar-refractivity contribution >= 4 is 17.2 Å². The lowest BCUT2D eigenvalue weighted by molar-refractivity contribution is -0.124. The van der Waals surface area contributed by atoms with Gasteiger partial charge in [-0.05, 0) is 77.8 Å². The second kappa shape index (κ2) is 10.5. The minimum Gasteiger partial charge on any atom is -0.490 e. The van der Waals surface area contributed by atoms with E-state index in [4.69, 9.17) is 19.4 Å². The third-order valence-corrected chi connectivity index (χ3v) is 7.47. The fraction of sp³-hybridized carbons (Fsp3) is 0.500. The van der Waals surface area contributed by atoms with Crippen LogP contribution in [0.2, 0.25) is 0 Å². The van der Waals surface area contributed by atoms with Gasteiger partial charge in [-0.15, -0.1) is 11.3 Å². The maximum absolute atomic E-state index is 11.2. The molecule has 8 nitrogen and oxygen atoms in total. The van der Waals surface area contributed by atoms with Gasteiger partial charge in [0.1, 0.15) is 25.1 Å². The van der Waals surface area contributed by atoms with Crippen molar-refractivity contribution in [2.75, 3.05) is 19.8 Å². The summed E-state index contributed by atoms with van der Waals surface area (Å²) in [6, 6.07) is 3.94. The SMILES string of the molecule is CCc1cc(-c2noc(-c3scc4c3CCC(C)(C)C4)n2)cc(C)c1OCC(O)CNC(=O)CO. The van der Waals surface area contributed by atoms with Gasteiger partial charge in [0.2, 0.25) is 11.7 Å². The Morgan fingerprint density at radius 2 is 2.17 bits per heavy atom. The topological polar surface area (TPSA) is 118 Å². The zero-order chi connectivity index (χ0) is 25.2. The Balaban J connectivity index is 1.51. The van der Waals surface area contributed by atoms with Crippen molar-refractivity contribution in [3.8, 4) is 27.9 Å². The van der Waals surface area contributed by atoms with Crippen LogP contribution in [0.5, 0.6) is 5.75 Å². The van der Waals surface area contributed by atoms with Crippen LogP contribution < -0.4 is 10.1 Å². The van der Waals surface area contributed by atoms with Crippen LogP contribution in [-0.2, 0) is 24.1 Å². The van der Waals surface area contributed by atoms with E-state index in [0.29, 0.717) is 22.9 Å². The lowest BCUT2D eigenvalue weighted by Crippen LogP contribution is -2.36. The summed E-state index contributed by atoms with van der Waals surface area (Å²) in [5, 5.41) is 27.8. The molecule has 2 aromatic heterocycles. The van der Waals surface area contributed by atoms with Crippen molar-refractivity contribution in [2.24, 2.45) is 5.41 Å². The first kappa shape index (κ1) is 25.3. The van der Waals surface area contributed by atoms with Crippen molar-refractivity contribution in [3.63, 3.8) is 0 Å². The van der Waals surface area contributed by atoms with Crippen molar-refractivity contribution in [3.05, 3.63) is 39.8 Å². The molecule has 4 rings (SSSR count). The quantitative estimate of drug-likeness (QED) is 0.411. The van der Waals surface area contributed by atoms with Gasteiger partial charge in [0.25, 0.3) is 5.89 Å². The number of ether oxygens (including phenoxy) is 1. The fourth-order valence-corrected chi connectivity index (χ4v) is 5.54. The standard InChI is InChI=1S/C26H33N3O5S/c1-5-16-9-17(8-15(2)22(16)33-13-19(31)11-27-21(32)12-30)24-28-25(34-29-24)23-20-6-7-26(3,4)10-18(20)14-35-23/h8-9,14,19,30-31H,5-7,10-13H2,1-4H3,(H,27,32). The first-order chi connectivity index (χ1) is 16.7. The number of nitrogens with zero attached hydrogens (tertiary/aromatic N) is 2. The molecule has 2 heterocycles. The summed E-state index contributed by atoms with van der Waals surface area (Å²) in [6.07, 6.45) is 3.08. The Hall–Kier alpha value is -2.75. The number of amides is 1. The number of thiophene rings is 1. The normalized spacial score (nSPS) is 15.5. The van der Waals surface area contributed by atoms with Crippen molar-refractivity contribution in [1.82, 2.24) is 15.5 Å². The van der Waals surface area contributed by atoms with E-state index in [9.17, 15) is 9.90 Å². The molecule has 0 saturated heterocycles. The number of benzene rings is 1. The zero-order valence-corrected chi connectivity index (χ0v) is 21.5. The van der Waals surface area contributed by atoms with Crippen LogP contribution in [0.25, 0.3) is 22.2 Å². The predicted molar refractivity (Wildman–Crippen MR) is 135 cm³/mol. The molecule has 188 valence electrons. The third kappa shape index (κ3) is 5.74. The van der Waals surface area contributed by atoms with E-state index in [1.807, 2.05) is 26.0 Å². The van der Waals surface area contributed by atoms with Crippen LogP contribution in [-0.4, -0.2) is 52.1 Å². The average molecular weight is 500 g/mol. The molecule has 3 aromatic rings. The molecular formula is C26H33N3O5S. The molecule has 1 aliphatic rings.